The van der Waals surface area contributed by atoms with Crippen molar-refractivity contribution in [2.75, 3.05) is 13.7 Å². The lowest BCUT2D eigenvalue weighted by Gasteiger charge is -2.38. The fourth-order valence-electron chi connectivity index (χ4n) is 3.76. The fraction of sp³-hybridized carbons (Fsp3) is 0.318. The number of methoxy groups -OCH3 is 1. The molecule has 0 saturated carbocycles. The summed E-state index contributed by atoms with van der Waals surface area (Å²) in [5.74, 6) is -0.415. The van der Waals surface area contributed by atoms with E-state index in [2.05, 4.69) is 15.2 Å². The molecule has 1 aliphatic heterocycles. The quantitative estimate of drug-likeness (QED) is 0.605. The van der Waals surface area contributed by atoms with Crippen molar-refractivity contribution in [3.8, 4) is 23.4 Å². The Morgan fingerprint density at radius 2 is 2.00 bits per heavy atom. The van der Waals surface area contributed by atoms with E-state index >= 15 is 0 Å². The third kappa shape index (κ3) is 4.09. The van der Waals surface area contributed by atoms with Crippen LogP contribution in [-0.4, -0.2) is 56.6 Å². The summed E-state index contributed by atoms with van der Waals surface area (Å²) in [5, 5.41) is 17.4. The maximum atomic E-state index is 14.0. The van der Waals surface area contributed by atoms with Crippen molar-refractivity contribution in [2.45, 2.75) is 31.9 Å². The van der Waals surface area contributed by atoms with Crippen LogP contribution >= 0.6 is 0 Å². The van der Waals surface area contributed by atoms with Crippen molar-refractivity contribution in [3.63, 3.8) is 0 Å². The molecule has 0 N–H and O–H groups in total. The van der Waals surface area contributed by atoms with Gasteiger partial charge in [-0.15, -0.1) is 0 Å². The minimum Gasteiger partial charge on any atom is -0.490 e. The number of pyridine rings is 1. The van der Waals surface area contributed by atoms with Crippen molar-refractivity contribution in [3.05, 3.63) is 59.8 Å². The largest absolute Gasteiger partial charge is 0.490 e. The number of ether oxygens (including phenoxy) is 2. The number of benzene rings is 1. The lowest BCUT2D eigenvalue weighted by atomic mass is 9.99. The molecule has 3 aromatic rings. The van der Waals surface area contributed by atoms with E-state index in [0.29, 0.717) is 24.1 Å². The average molecular weight is 436 g/mol. The first kappa shape index (κ1) is 21.2. The second-order valence-electron chi connectivity index (χ2n) is 7.41. The van der Waals surface area contributed by atoms with E-state index in [1.54, 1.807) is 11.0 Å². The summed E-state index contributed by atoms with van der Waals surface area (Å²) in [6, 6.07) is 7.45. The number of hydrogen-bond acceptors (Lipinski definition) is 7. The number of rotatable bonds is 5. The predicted molar refractivity (Wildman–Crippen MR) is 111 cm³/mol. The smallest absolute Gasteiger partial charge is 0.258 e. The van der Waals surface area contributed by atoms with Crippen molar-refractivity contribution >= 4 is 5.91 Å². The second kappa shape index (κ2) is 9.01. The van der Waals surface area contributed by atoms with Crippen LogP contribution in [0.5, 0.6) is 11.6 Å². The van der Waals surface area contributed by atoms with Gasteiger partial charge in [-0.05, 0) is 44.0 Å². The monoisotopic (exact) mass is 436 g/mol. The highest BCUT2D eigenvalue weighted by Gasteiger charge is 2.33. The van der Waals surface area contributed by atoms with E-state index < -0.39 is 5.82 Å². The van der Waals surface area contributed by atoms with Crippen molar-refractivity contribution in [1.82, 2.24) is 24.9 Å². The van der Waals surface area contributed by atoms with Gasteiger partial charge in [-0.3, -0.25) is 4.79 Å². The van der Waals surface area contributed by atoms with Crippen molar-refractivity contribution in [1.29, 1.82) is 5.26 Å². The van der Waals surface area contributed by atoms with E-state index in [9.17, 15) is 14.4 Å². The van der Waals surface area contributed by atoms with Gasteiger partial charge >= 0.3 is 0 Å². The number of piperidine rings is 1. The molecule has 9 nitrogen and oxygen atoms in total. The number of nitrogens with zero attached hydrogens (tertiary/aromatic N) is 6. The topological polar surface area (TPSA) is 106 Å². The fourth-order valence-corrected chi connectivity index (χ4v) is 3.76. The summed E-state index contributed by atoms with van der Waals surface area (Å²) in [6.07, 6.45) is 5.44. The summed E-state index contributed by atoms with van der Waals surface area (Å²) >= 11 is 0. The van der Waals surface area contributed by atoms with Crippen LogP contribution < -0.4 is 9.47 Å². The highest BCUT2D eigenvalue weighted by atomic mass is 19.1. The number of hydrogen-bond donors (Lipinski definition) is 0. The number of amides is 1. The van der Waals surface area contributed by atoms with Crippen molar-refractivity contribution in [2.24, 2.45) is 0 Å². The molecule has 1 aromatic carbocycles. The number of likely N-dealkylation sites (tertiary alicyclic amines) is 1. The highest BCUT2D eigenvalue weighted by Crippen LogP contribution is 2.31. The predicted octanol–water partition coefficient (Wildman–Crippen LogP) is 2.75. The molecule has 1 fully saturated rings. The van der Waals surface area contributed by atoms with Crippen LogP contribution in [0.3, 0.4) is 0 Å². The molecular weight excluding hydrogens is 415 g/mol. The number of aromatic nitrogens is 4. The summed E-state index contributed by atoms with van der Waals surface area (Å²) in [7, 11) is 1.44. The normalized spacial score (nSPS) is 18.1. The maximum Gasteiger partial charge on any atom is 0.258 e. The zero-order valence-electron chi connectivity index (χ0n) is 17.6. The number of halogens is 1. The first-order valence-electron chi connectivity index (χ1n) is 10.1. The molecule has 0 bridgehead atoms. The Balaban J connectivity index is 1.60. The molecule has 32 heavy (non-hydrogen) atoms. The van der Waals surface area contributed by atoms with Gasteiger partial charge in [0.15, 0.2) is 5.75 Å². The minimum absolute atomic E-state index is 0.0793. The third-order valence-corrected chi connectivity index (χ3v) is 5.40. The van der Waals surface area contributed by atoms with Crippen LogP contribution in [0.2, 0.25) is 0 Å². The van der Waals surface area contributed by atoms with E-state index in [-0.39, 0.29) is 41.8 Å². The van der Waals surface area contributed by atoms with Gasteiger partial charge in [-0.2, -0.15) is 20.3 Å². The first-order valence-corrected chi connectivity index (χ1v) is 10.1. The highest BCUT2D eigenvalue weighted by molar-refractivity contribution is 5.98. The Morgan fingerprint density at radius 3 is 2.72 bits per heavy atom. The van der Waals surface area contributed by atoms with Gasteiger partial charge < -0.3 is 14.4 Å². The first-order chi connectivity index (χ1) is 15.5. The Kier molecular flexibility index (Phi) is 5.98. The molecular formula is C22H21FN6O3. The van der Waals surface area contributed by atoms with Gasteiger partial charge in [-0.1, -0.05) is 0 Å². The van der Waals surface area contributed by atoms with Gasteiger partial charge in [0.25, 0.3) is 11.8 Å². The molecule has 2 atom stereocenters. The summed E-state index contributed by atoms with van der Waals surface area (Å²) in [5.41, 5.74) is 0.864. The molecule has 1 amide bonds. The molecule has 1 saturated heterocycles. The maximum absolute atomic E-state index is 14.0. The summed E-state index contributed by atoms with van der Waals surface area (Å²) in [4.78, 5) is 20.6. The van der Waals surface area contributed by atoms with E-state index in [1.807, 2.05) is 13.0 Å². The van der Waals surface area contributed by atoms with Crippen LogP contribution in [-0.2, 0) is 0 Å². The number of carbonyl (C=O) groups is 1. The lowest BCUT2D eigenvalue weighted by molar-refractivity contribution is 0.0365. The van der Waals surface area contributed by atoms with E-state index in [0.717, 1.165) is 0 Å². The molecule has 0 unspecified atom stereocenters. The van der Waals surface area contributed by atoms with Crippen LogP contribution in [0, 0.1) is 17.1 Å². The molecule has 0 radical (unpaired) electrons. The lowest BCUT2D eigenvalue weighted by Crippen LogP contribution is -2.49. The van der Waals surface area contributed by atoms with Crippen LogP contribution in [0.15, 0.2) is 42.9 Å². The van der Waals surface area contributed by atoms with Crippen molar-refractivity contribution < 1.29 is 18.7 Å². The molecule has 1 aliphatic rings. The summed E-state index contributed by atoms with van der Waals surface area (Å²) in [6.45, 7) is 2.21. The van der Waals surface area contributed by atoms with Gasteiger partial charge in [0.05, 0.1) is 37.3 Å². The molecule has 164 valence electrons. The molecule has 0 spiro atoms. The average Bonchev–Trinajstić information content (AvgIpc) is 3.34. The Hall–Kier alpha value is -4.00. The second-order valence-corrected chi connectivity index (χ2v) is 7.41. The SMILES string of the molecule is COc1c(C#N)ccnc1O[C@@H]1CC[C@@H](C)N(C(=O)c2cc(F)ccc2-n2nccn2)C1. The van der Waals surface area contributed by atoms with Gasteiger partial charge in [0.1, 0.15) is 23.6 Å². The Bertz CT molecular complexity index is 1160. The van der Waals surface area contributed by atoms with E-state index in [4.69, 9.17) is 9.47 Å². The molecule has 10 heteroatoms. The summed E-state index contributed by atoms with van der Waals surface area (Å²) < 4.78 is 25.4. The van der Waals surface area contributed by atoms with Gasteiger partial charge in [-0.25, -0.2) is 9.37 Å². The molecule has 3 heterocycles. The zero-order chi connectivity index (χ0) is 22.7. The third-order valence-electron chi connectivity index (χ3n) is 5.40. The molecule has 2 aromatic heterocycles. The van der Waals surface area contributed by atoms with E-state index in [1.165, 1.54) is 48.7 Å². The van der Waals surface area contributed by atoms with Gasteiger partial charge in [0.2, 0.25) is 0 Å². The standard InChI is InChI=1S/C22H21FN6O3/c1-14-3-5-17(32-21-20(31-2)15(12-24)7-8-25-21)13-28(14)22(30)18-11-16(23)4-6-19(18)29-26-9-10-27-29/h4,6-11,14,17H,3,5,13H2,1-2H3/t14-,17-/m1/s1. The Labute approximate surface area is 184 Å². The molecule has 0 aliphatic carbocycles. The van der Waals surface area contributed by atoms with Crippen LogP contribution in [0.25, 0.3) is 5.69 Å². The number of nitriles is 1. The van der Waals surface area contributed by atoms with Crippen LogP contribution in [0.4, 0.5) is 4.39 Å². The zero-order valence-corrected chi connectivity index (χ0v) is 17.6. The minimum atomic E-state index is -0.524. The van der Waals surface area contributed by atoms with Gasteiger partial charge in [0, 0.05) is 12.2 Å². The van der Waals surface area contributed by atoms with Crippen LogP contribution in [0.1, 0.15) is 35.7 Å². The number of carbonyl (C=O) groups excluding carboxylic acids is 1. The Morgan fingerprint density at radius 1 is 1.22 bits per heavy atom. The molecule has 4 rings (SSSR count).